The highest BCUT2D eigenvalue weighted by molar-refractivity contribution is 6.30. The van der Waals surface area contributed by atoms with Crippen molar-refractivity contribution in [2.45, 2.75) is 25.3 Å². The zero-order chi connectivity index (χ0) is 26.3. The molecule has 5 rings (SSSR count). The lowest BCUT2D eigenvalue weighted by Crippen LogP contribution is -2.37. The molecular weight excluding hydrogens is 490 g/mol. The Morgan fingerprint density at radius 2 is 1.47 bits per heavy atom. The summed E-state index contributed by atoms with van der Waals surface area (Å²) in [7, 11) is 0. The number of carbonyl (C=O) groups is 1. The maximum absolute atomic E-state index is 13.7. The molecule has 0 spiro atoms. The Labute approximate surface area is 229 Å². The quantitative estimate of drug-likeness (QED) is 0.262. The number of halogens is 1. The van der Waals surface area contributed by atoms with Crippen molar-refractivity contribution in [3.05, 3.63) is 154 Å². The van der Waals surface area contributed by atoms with Crippen LogP contribution >= 0.6 is 11.6 Å². The lowest BCUT2D eigenvalue weighted by atomic mass is 9.88. The van der Waals surface area contributed by atoms with Gasteiger partial charge in [-0.1, -0.05) is 115 Å². The first-order chi connectivity index (χ1) is 18.6. The lowest BCUT2D eigenvalue weighted by molar-refractivity contribution is -0.117. The third-order valence-electron chi connectivity index (χ3n) is 6.82. The molecule has 0 saturated heterocycles. The molecule has 4 aromatic carbocycles. The number of nitrogens with zero attached hydrogens (tertiary/aromatic N) is 1. The fourth-order valence-electron chi connectivity index (χ4n) is 4.95. The van der Waals surface area contributed by atoms with Crippen LogP contribution < -0.4 is 10.6 Å². The Kier molecular flexibility index (Phi) is 8.01. The van der Waals surface area contributed by atoms with Crippen molar-refractivity contribution in [2.75, 3.05) is 6.54 Å². The second-order valence-electron chi connectivity index (χ2n) is 9.38. The van der Waals surface area contributed by atoms with E-state index < -0.39 is 6.04 Å². The van der Waals surface area contributed by atoms with Crippen LogP contribution in [0.4, 0.5) is 0 Å². The molecule has 0 fully saturated rings. The number of aliphatic imine (C=N–C) groups is 1. The van der Waals surface area contributed by atoms with Crippen LogP contribution in [0.5, 0.6) is 0 Å². The molecule has 1 heterocycles. The summed E-state index contributed by atoms with van der Waals surface area (Å²) in [6.07, 6.45) is 0.778. The zero-order valence-corrected chi connectivity index (χ0v) is 22.0. The van der Waals surface area contributed by atoms with Crippen LogP contribution in [0.2, 0.25) is 5.02 Å². The second kappa shape index (κ2) is 11.9. The predicted molar refractivity (Wildman–Crippen MR) is 155 cm³/mol. The van der Waals surface area contributed by atoms with E-state index in [4.69, 9.17) is 16.6 Å². The predicted octanol–water partition coefficient (Wildman–Crippen LogP) is 7.04. The average molecular weight is 520 g/mol. The summed E-state index contributed by atoms with van der Waals surface area (Å²) in [5, 5.41) is 7.16. The van der Waals surface area contributed by atoms with Crippen molar-refractivity contribution >= 4 is 23.3 Å². The maximum Gasteiger partial charge on any atom is 0.251 e. The van der Waals surface area contributed by atoms with Crippen LogP contribution in [-0.4, -0.2) is 18.3 Å². The van der Waals surface area contributed by atoms with Crippen LogP contribution in [-0.2, 0) is 4.79 Å². The van der Waals surface area contributed by atoms with Crippen molar-refractivity contribution in [3.63, 3.8) is 0 Å². The van der Waals surface area contributed by atoms with E-state index in [0.29, 0.717) is 17.1 Å². The van der Waals surface area contributed by atoms with E-state index in [1.54, 1.807) is 0 Å². The van der Waals surface area contributed by atoms with E-state index in [1.807, 2.05) is 73.7 Å². The summed E-state index contributed by atoms with van der Waals surface area (Å²) in [4.78, 5) is 18.6. The Morgan fingerprint density at radius 3 is 2.08 bits per heavy atom. The molecule has 2 N–H and O–H groups in total. The van der Waals surface area contributed by atoms with Crippen LogP contribution in [0.3, 0.4) is 0 Å². The van der Waals surface area contributed by atoms with Gasteiger partial charge in [0.1, 0.15) is 11.9 Å². The summed E-state index contributed by atoms with van der Waals surface area (Å²) in [5.74, 6) is 0.789. The van der Waals surface area contributed by atoms with Gasteiger partial charge in [-0.2, -0.15) is 0 Å². The number of benzene rings is 4. The molecule has 0 saturated carbocycles. The summed E-state index contributed by atoms with van der Waals surface area (Å²) in [6.45, 7) is 2.46. The third kappa shape index (κ3) is 5.87. The molecule has 38 heavy (non-hydrogen) atoms. The van der Waals surface area contributed by atoms with Gasteiger partial charge in [-0.05, 0) is 42.2 Å². The molecule has 4 nitrogen and oxygen atoms in total. The van der Waals surface area contributed by atoms with Gasteiger partial charge in [0.2, 0.25) is 0 Å². The minimum Gasteiger partial charge on any atom is -0.352 e. The maximum atomic E-state index is 13.7. The van der Waals surface area contributed by atoms with Crippen LogP contribution in [0.25, 0.3) is 0 Å². The molecule has 1 unspecified atom stereocenters. The Balaban J connectivity index is 1.38. The first kappa shape index (κ1) is 25.5. The SMILES string of the molecule is CC1=C(C(=O)NCCC(c2ccccc2)c2ccccc2)C(c2cccc(Cl)c2)N=C(c2ccccc2)N1. The molecule has 1 amide bonds. The van der Waals surface area contributed by atoms with Gasteiger partial charge in [0.25, 0.3) is 5.91 Å². The van der Waals surface area contributed by atoms with Crippen molar-refractivity contribution in [2.24, 2.45) is 4.99 Å². The Bertz CT molecular complexity index is 1410. The average Bonchev–Trinajstić information content (AvgIpc) is 2.96. The number of allylic oxidation sites excluding steroid dienone is 1. The number of hydrogen-bond donors (Lipinski definition) is 2. The molecule has 190 valence electrons. The number of nitrogens with one attached hydrogen (secondary N) is 2. The normalized spacial score (nSPS) is 15.1. The van der Waals surface area contributed by atoms with Gasteiger partial charge in [-0.15, -0.1) is 0 Å². The standard InChI is InChI=1S/C33H30ClN3O/c1-23-30(31(27-18-11-19-28(34)22-27)37-32(36-23)26-16-9-4-10-17-26)33(38)35-21-20-29(24-12-5-2-6-13-24)25-14-7-3-8-15-25/h2-19,22,29,31H,20-21H2,1H3,(H,35,38)(H,36,37). The largest absolute Gasteiger partial charge is 0.352 e. The highest BCUT2D eigenvalue weighted by Gasteiger charge is 2.30. The first-order valence-electron chi connectivity index (χ1n) is 12.8. The minimum absolute atomic E-state index is 0.129. The van der Waals surface area contributed by atoms with Crippen LogP contribution in [0, 0.1) is 0 Å². The number of amidine groups is 1. The van der Waals surface area contributed by atoms with Gasteiger partial charge in [0.05, 0.1) is 5.57 Å². The molecule has 1 atom stereocenters. The van der Waals surface area contributed by atoms with Gasteiger partial charge in [-0.3, -0.25) is 9.79 Å². The molecule has 1 aliphatic heterocycles. The van der Waals surface area contributed by atoms with Gasteiger partial charge < -0.3 is 10.6 Å². The number of carbonyl (C=O) groups excluding carboxylic acids is 1. The van der Waals surface area contributed by atoms with E-state index in [9.17, 15) is 4.79 Å². The molecule has 0 bridgehead atoms. The fourth-order valence-corrected chi connectivity index (χ4v) is 5.15. The monoisotopic (exact) mass is 519 g/mol. The molecule has 4 aromatic rings. The topological polar surface area (TPSA) is 53.5 Å². The van der Waals surface area contributed by atoms with Gasteiger partial charge >= 0.3 is 0 Å². The summed E-state index contributed by atoms with van der Waals surface area (Å²) < 4.78 is 0. The molecule has 0 aromatic heterocycles. The van der Waals surface area contributed by atoms with Crippen molar-refractivity contribution in [1.82, 2.24) is 10.6 Å². The van der Waals surface area contributed by atoms with Gasteiger partial charge in [-0.25, -0.2) is 0 Å². The minimum atomic E-state index is -0.468. The van der Waals surface area contributed by atoms with Gasteiger partial charge in [0, 0.05) is 28.7 Å². The van der Waals surface area contributed by atoms with E-state index in [2.05, 4.69) is 59.2 Å². The van der Waals surface area contributed by atoms with Crippen molar-refractivity contribution in [3.8, 4) is 0 Å². The highest BCUT2D eigenvalue weighted by Crippen LogP contribution is 2.33. The van der Waals surface area contributed by atoms with Crippen molar-refractivity contribution < 1.29 is 4.79 Å². The second-order valence-corrected chi connectivity index (χ2v) is 9.82. The van der Waals surface area contributed by atoms with E-state index >= 15 is 0 Å². The summed E-state index contributed by atoms with van der Waals surface area (Å²) >= 11 is 6.34. The number of hydrogen-bond acceptors (Lipinski definition) is 3. The molecule has 0 aliphatic carbocycles. The first-order valence-corrected chi connectivity index (χ1v) is 13.2. The zero-order valence-electron chi connectivity index (χ0n) is 21.3. The summed E-state index contributed by atoms with van der Waals surface area (Å²) in [6, 6.07) is 37.9. The molecular formula is C33H30ClN3O. The Hall–Kier alpha value is -4.15. The fraction of sp³-hybridized carbons (Fsp3) is 0.152. The smallest absolute Gasteiger partial charge is 0.251 e. The number of rotatable bonds is 8. The third-order valence-corrected chi connectivity index (χ3v) is 7.06. The van der Waals surface area contributed by atoms with Gasteiger partial charge in [0.15, 0.2) is 0 Å². The highest BCUT2D eigenvalue weighted by atomic mass is 35.5. The molecule has 0 radical (unpaired) electrons. The lowest BCUT2D eigenvalue weighted by Gasteiger charge is -2.27. The number of amides is 1. The van der Waals surface area contributed by atoms with E-state index in [0.717, 1.165) is 29.1 Å². The van der Waals surface area contributed by atoms with E-state index in [-0.39, 0.29) is 11.8 Å². The van der Waals surface area contributed by atoms with Crippen LogP contribution in [0.15, 0.2) is 132 Å². The molecule has 1 aliphatic rings. The van der Waals surface area contributed by atoms with Crippen LogP contribution in [0.1, 0.15) is 47.6 Å². The Morgan fingerprint density at radius 1 is 0.868 bits per heavy atom. The van der Waals surface area contributed by atoms with Crippen molar-refractivity contribution in [1.29, 1.82) is 0 Å². The molecule has 5 heteroatoms. The summed E-state index contributed by atoms with van der Waals surface area (Å²) in [5.41, 5.74) is 5.69. The van der Waals surface area contributed by atoms with E-state index in [1.165, 1.54) is 11.1 Å².